The number of nitrogens with one attached hydrogen (secondary N) is 2. The molecule has 7 heteroatoms. The first kappa shape index (κ1) is 17.1. The molecular formula is C16H23N3O4. The zero-order valence-electron chi connectivity index (χ0n) is 13.6. The maximum Gasteiger partial charge on any atom is 0.239 e. The van der Waals surface area contributed by atoms with Gasteiger partial charge in [-0.25, -0.2) is 0 Å². The molecule has 1 unspecified atom stereocenters. The van der Waals surface area contributed by atoms with Crippen molar-refractivity contribution in [2.75, 3.05) is 13.3 Å². The molecule has 0 aromatic heterocycles. The summed E-state index contributed by atoms with van der Waals surface area (Å²) in [5.41, 5.74) is 6.62. The molecule has 1 heterocycles. The van der Waals surface area contributed by atoms with Gasteiger partial charge in [-0.3, -0.25) is 9.59 Å². The summed E-state index contributed by atoms with van der Waals surface area (Å²) >= 11 is 0. The van der Waals surface area contributed by atoms with E-state index in [4.69, 9.17) is 15.2 Å². The number of amides is 2. The van der Waals surface area contributed by atoms with Gasteiger partial charge in [0.2, 0.25) is 18.6 Å². The smallest absolute Gasteiger partial charge is 0.239 e. The van der Waals surface area contributed by atoms with Crippen LogP contribution in [0.4, 0.5) is 0 Å². The standard InChI is InChI=1S/C16H23N3O4/c1-9(2)15(17)16(21)18-7-14(20)19-10(3)11-4-5-12-13(6-11)23-8-22-12/h4-6,9-10,15H,7-8,17H2,1-3H3,(H,18,21)(H,19,20)/t10?,15-/m0/s1. The molecule has 0 aliphatic carbocycles. The maximum absolute atomic E-state index is 11.9. The molecule has 126 valence electrons. The van der Waals surface area contributed by atoms with Gasteiger partial charge in [0.1, 0.15) is 0 Å². The third-order valence-corrected chi connectivity index (χ3v) is 3.72. The van der Waals surface area contributed by atoms with Gasteiger partial charge < -0.3 is 25.8 Å². The molecule has 0 saturated carbocycles. The second kappa shape index (κ2) is 7.32. The Hall–Kier alpha value is -2.28. The van der Waals surface area contributed by atoms with E-state index in [1.165, 1.54) is 0 Å². The van der Waals surface area contributed by atoms with Crippen LogP contribution in [-0.4, -0.2) is 31.2 Å². The minimum absolute atomic E-state index is 0.0191. The number of hydrogen-bond acceptors (Lipinski definition) is 5. The number of carbonyl (C=O) groups is 2. The molecule has 2 amide bonds. The molecule has 0 spiro atoms. The van der Waals surface area contributed by atoms with Crippen molar-refractivity contribution in [1.29, 1.82) is 0 Å². The minimum Gasteiger partial charge on any atom is -0.454 e. The van der Waals surface area contributed by atoms with E-state index < -0.39 is 6.04 Å². The van der Waals surface area contributed by atoms with Crippen LogP contribution in [0.1, 0.15) is 32.4 Å². The van der Waals surface area contributed by atoms with E-state index >= 15 is 0 Å². The van der Waals surface area contributed by atoms with Crippen LogP contribution in [0.2, 0.25) is 0 Å². The topological polar surface area (TPSA) is 103 Å². The number of hydrogen-bond donors (Lipinski definition) is 3. The monoisotopic (exact) mass is 321 g/mol. The molecule has 0 bridgehead atoms. The summed E-state index contributed by atoms with van der Waals surface area (Å²) in [4.78, 5) is 23.7. The van der Waals surface area contributed by atoms with Crippen molar-refractivity contribution in [2.24, 2.45) is 11.7 Å². The Bertz CT molecular complexity index is 589. The number of fused-ring (bicyclic) bond motifs is 1. The fourth-order valence-electron chi connectivity index (χ4n) is 2.15. The molecule has 2 rings (SSSR count). The molecule has 2 atom stereocenters. The Morgan fingerprint density at radius 2 is 1.91 bits per heavy atom. The lowest BCUT2D eigenvalue weighted by atomic mass is 10.1. The summed E-state index contributed by atoms with van der Waals surface area (Å²) in [6, 6.07) is 4.68. The second-order valence-corrected chi connectivity index (χ2v) is 5.89. The van der Waals surface area contributed by atoms with E-state index in [9.17, 15) is 9.59 Å². The van der Waals surface area contributed by atoms with E-state index in [1.807, 2.05) is 39.0 Å². The molecule has 0 radical (unpaired) electrons. The van der Waals surface area contributed by atoms with Gasteiger partial charge >= 0.3 is 0 Å². The first-order valence-electron chi connectivity index (χ1n) is 7.60. The fourth-order valence-corrected chi connectivity index (χ4v) is 2.15. The van der Waals surface area contributed by atoms with E-state index in [1.54, 1.807) is 0 Å². The van der Waals surface area contributed by atoms with Crippen LogP contribution in [0.15, 0.2) is 18.2 Å². The van der Waals surface area contributed by atoms with Crippen LogP contribution in [-0.2, 0) is 9.59 Å². The summed E-state index contributed by atoms with van der Waals surface area (Å²) in [5.74, 6) is 0.776. The lowest BCUT2D eigenvalue weighted by Crippen LogP contribution is -2.47. The highest BCUT2D eigenvalue weighted by atomic mass is 16.7. The van der Waals surface area contributed by atoms with Crippen LogP contribution in [0, 0.1) is 5.92 Å². The Kier molecular flexibility index (Phi) is 5.44. The van der Waals surface area contributed by atoms with Gasteiger partial charge in [0.15, 0.2) is 11.5 Å². The zero-order chi connectivity index (χ0) is 17.0. The van der Waals surface area contributed by atoms with Gasteiger partial charge in [-0.2, -0.15) is 0 Å². The highest BCUT2D eigenvalue weighted by Crippen LogP contribution is 2.34. The second-order valence-electron chi connectivity index (χ2n) is 5.89. The lowest BCUT2D eigenvalue weighted by molar-refractivity contribution is -0.127. The third kappa shape index (κ3) is 4.35. The number of benzene rings is 1. The predicted octanol–water partition coefficient (Wildman–Crippen LogP) is 0.692. The van der Waals surface area contributed by atoms with E-state index in [-0.39, 0.29) is 37.1 Å². The van der Waals surface area contributed by atoms with Crippen molar-refractivity contribution in [3.8, 4) is 11.5 Å². The average Bonchev–Trinajstić information content (AvgIpc) is 2.99. The molecule has 7 nitrogen and oxygen atoms in total. The van der Waals surface area contributed by atoms with Crippen molar-refractivity contribution >= 4 is 11.8 Å². The predicted molar refractivity (Wildman–Crippen MR) is 84.9 cm³/mol. The largest absolute Gasteiger partial charge is 0.454 e. The zero-order valence-corrected chi connectivity index (χ0v) is 13.6. The van der Waals surface area contributed by atoms with Gasteiger partial charge in [0, 0.05) is 0 Å². The molecule has 1 aromatic carbocycles. The Morgan fingerprint density at radius 1 is 1.22 bits per heavy atom. The normalized spacial score (nSPS) is 15.2. The van der Waals surface area contributed by atoms with Crippen LogP contribution in [0.25, 0.3) is 0 Å². The number of ether oxygens (including phenoxy) is 2. The quantitative estimate of drug-likeness (QED) is 0.715. The van der Waals surface area contributed by atoms with Crippen molar-refractivity contribution in [1.82, 2.24) is 10.6 Å². The SMILES string of the molecule is CC(NC(=O)CNC(=O)[C@@H](N)C(C)C)c1ccc2c(c1)OCO2. The Balaban J connectivity index is 1.84. The van der Waals surface area contributed by atoms with Crippen molar-refractivity contribution in [3.63, 3.8) is 0 Å². The van der Waals surface area contributed by atoms with E-state index in [0.717, 1.165) is 5.56 Å². The van der Waals surface area contributed by atoms with Gasteiger partial charge in [-0.05, 0) is 30.5 Å². The maximum atomic E-state index is 11.9. The molecule has 1 aliphatic rings. The van der Waals surface area contributed by atoms with Crippen molar-refractivity contribution in [3.05, 3.63) is 23.8 Å². The molecule has 0 fully saturated rings. The molecule has 0 saturated heterocycles. The highest BCUT2D eigenvalue weighted by molar-refractivity contribution is 5.87. The number of carbonyl (C=O) groups excluding carboxylic acids is 2. The fraction of sp³-hybridized carbons (Fsp3) is 0.500. The summed E-state index contributed by atoms with van der Waals surface area (Å²) in [7, 11) is 0. The van der Waals surface area contributed by atoms with Gasteiger partial charge in [-0.1, -0.05) is 19.9 Å². The molecular weight excluding hydrogens is 298 g/mol. The molecule has 1 aromatic rings. The first-order chi connectivity index (χ1) is 10.9. The minimum atomic E-state index is -0.617. The van der Waals surface area contributed by atoms with E-state index in [0.29, 0.717) is 11.5 Å². The molecule has 23 heavy (non-hydrogen) atoms. The lowest BCUT2D eigenvalue weighted by Gasteiger charge is -2.17. The van der Waals surface area contributed by atoms with Gasteiger partial charge in [-0.15, -0.1) is 0 Å². The van der Waals surface area contributed by atoms with Crippen molar-refractivity contribution in [2.45, 2.75) is 32.9 Å². The van der Waals surface area contributed by atoms with Crippen LogP contribution in [0.5, 0.6) is 11.5 Å². The molecule has 4 N–H and O–H groups in total. The van der Waals surface area contributed by atoms with E-state index in [2.05, 4.69) is 10.6 Å². The summed E-state index contributed by atoms with van der Waals surface area (Å²) in [6.45, 7) is 5.67. The third-order valence-electron chi connectivity index (χ3n) is 3.72. The Morgan fingerprint density at radius 3 is 2.61 bits per heavy atom. The van der Waals surface area contributed by atoms with Crippen LogP contribution in [0.3, 0.4) is 0 Å². The first-order valence-corrected chi connectivity index (χ1v) is 7.60. The number of rotatable bonds is 6. The van der Waals surface area contributed by atoms with Gasteiger partial charge in [0.25, 0.3) is 0 Å². The number of nitrogens with two attached hydrogens (primary N) is 1. The highest BCUT2D eigenvalue weighted by Gasteiger charge is 2.19. The molecule has 1 aliphatic heterocycles. The van der Waals surface area contributed by atoms with Crippen LogP contribution < -0.4 is 25.8 Å². The average molecular weight is 321 g/mol. The Labute approximate surface area is 135 Å². The summed E-state index contributed by atoms with van der Waals surface area (Å²) in [5, 5.41) is 5.36. The van der Waals surface area contributed by atoms with Crippen LogP contribution >= 0.6 is 0 Å². The van der Waals surface area contributed by atoms with Crippen molar-refractivity contribution < 1.29 is 19.1 Å². The van der Waals surface area contributed by atoms with Gasteiger partial charge in [0.05, 0.1) is 18.6 Å². The summed E-state index contributed by atoms with van der Waals surface area (Å²) in [6.07, 6.45) is 0. The summed E-state index contributed by atoms with van der Waals surface area (Å²) < 4.78 is 10.6.